The molecule has 9 nitrogen and oxygen atoms in total. The van der Waals surface area contributed by atoms with Crippen molar-refractivity contribution in [3.63, 3.8) is 0 Å². The number of sulfonamides is 1. The molecule has 0 amide bonds. The zero-order chi connectivity index (χ0) is 23.4. The summed E-state index contributed by atoms with van der Waals surface area (Å²) in [6, 6.07) is 10.4. The Morgan fingerprint density at radius 3 is 2.79 bits per heavy atom. The Morgan fingerprint density at radius 1 is 1.24 bits per heavy atom. The zero-order valence-corrected chi connectivity index (χ0v) is 19.6. The number of hydrogen-bond donors (Lipinski definition) is 2. The molecule has 174 valence electrons. The third-order valence-electron chi connectivity index (χ3n) is 5.33. The number of aromatic nitrogens is 3. The van der Waals surface area contributed by atoms with E-state index >= 15 is 0 Å². The number of rotatable bonds is 8. The van der Waals surface area contributed by atoms with E-state index in [1.165, 1.54) is 6.20 Å². The molecule has 33 heavy (non-hydrogen) atoms. The summed E-state index contributed by atoms with van der Waals surface area (Å²) in [6.45, 7) is 3.54. The maximum atomic E-state index is 12.3. The summed E-state index contributed by atoms with van der Waals surface area (Å²) in [5.41, 5.74) is 1.87. The number of halogens is 1. The fraction of sp³-hybridized carbons (Fsp3) is 0.318. The molecule has 0 bridgehead atoms. The standard InChI is InChI=1S/C22H24ClN5O4S/c1-2-9-26-33(30,31)18-5-3-15(4-6-18)16-7-10-24-20(12-16)32-17-8-11-28(14-17)19-13-25-27-22(29)21(19)23/h3-7,10,12-13,17,26H,2,8-9,11,14H2,1H3,(H,27,29)/t17-/m1/s1. The number of pyridine rings is 1. The second kappa shape index (κ2) is 9.90. The van der Waals surface area contributed by atoms with Crippen molar-refractivity contribution in [1.82, 2.24) is 19.9 Å². The van der Waals surface area contributed by atoms with Crippen molar-refractivity contribution in [2.24, 2.45) is 0 Å². The Balaban J connectivity index is 1.44. The van der Waals surface area contributed by atoms with E-state index in [9.17, 15) is 13.2 Å². The average Bonchev–Trinajstić information content (AvgIpc) is 3.28. The molecule has 2 aromatic heterocycles. The van der Waals surface area contributed by atoms with Gasteiger partial charge < -0.3 is 9.64 Å². The van der Waals surface area contributed by atoms with E-state index in [2.05, 4.69) is 19.9 Å². The molecular formula is C22H24ClN5O4S. The number of hydrogen-bond acceptors (Lipinski definition) is 7. The van der Waals surface area contributed by atoms with Gasteiger partial charge in [0.05, 0.1) is 23.3 Å². The largest absolute Gasteiger partial charge is 0.472 e. The fourth-order valence-corrected chi connectivity index (χ4v) is 4.95. The van der Waals surface area contributed by atoms with Crippen molar-refractivity contribution in [1.29, 1.82) is 0 Å². The van der Waals surface area contributed by atoms with Crippen molar-refractivity contribution < 1.29 is 13.2 Å². The predicted octanol–water partition coefficient (Wildman–Crippen LogP) is 2.83. The fourth-order valence-electron chi connectivity index (χ4n) is 3.61. The van der Waals surface area contributed by atoms with E-state index in [1.54, 1.807) is 30.5 Å². The van der Waals surface area contributed by atoms with Crippen LogP contribution in [0.2, 0.25) is 5.02 Å². The van der Waals surface area contributed by atoms with Crippen LogP contribution in [-0.2, 0) is 10.0 Å². The normalized spacial score (nSPS) is 16.2. The summed E-state index contributed by atoms with van der Waals surface area (Å²) in [5.74, 6) is 0.468. The van der Waals surface area contributed by atoms with Gasteiger partial charge in [-0.15, -0.1) is 0 Å². The number of anilines is 1. The van der Waals surface area contributed by atoms with Crippen LogP contribution >= 0.6 is 11.6 Å². The minimum Gasteiger partial charge on any atom is -0.472 e. The van der Waals surface area contributed by atoms with Gasteiger partial charge in [0.15, 0.2) is 0 Å². The second-order valence-electron chi connectivity index (χ2n) is 7.68. The number of ether oxygens (including phenoxy) is 1. The monoisotopic (exact) mass is 489 g/mol. The van der Waals surface area contributed by atoms with Crippen molar-refractivity contribution in [2.75, 3.05) is 24.5 Å². The van der Waals surface area contributed by atoms with Crippen LogP contribution in [0.25, 0.3) is 11.1 Å². The summed E-state index contributed by atoms with van der Waals surface area (Å²) in [4.78, 5) is 18.2. The van der Waals surface area contributed by atoms with E-state index in [0.29, 0.717) is 31.2 Å². The summed E-state index contributed by atoms with van der Waals surface area (Å²) >= 11 is 6.11. The molecule has 0 radical (unpaired) electrons. The number of aromatic amines is 1. The minimum absolute atomic E-state index is 0.112. The Kier molecular flexibility index (Phi) is 6.96. The predicted molar refractivity (Wildman–Crippen MR) is 126 cm³/mol. The van der Waals surface area contributed by atoms with E-state index in [1.807, 2.05) is 24.0 Å². The molecule has 1 atom stereocenters. The minimum atomic E-state index is -3.51. The highest BCUT2D eigenvalue weighted by atomic mass is 35.5. The van der Waals surface area contributed by atoms with Crippen LogP contribution in [0.15, 0.2) is 58.5 Å². The number of nitrogens with zero attached hydrogens (tertiary/aromatic N) is 3. The van der Waals surface area contributed by atoms with E-state index in [-0.39, 0.29) is 16.0 Å². The van der Waals surface area contributed by atoms with E-state index < -0.39 is 15.6 Å². The lowest BCUT2D eigenvalue weighted by Gasteiger charge is -2.19. The van der Waals surface area contributed by atoms with Gasteiger partial charge in [0.2, 0.25) is 15.9 Å². The van der Waals surface area contributed by atoms with Crippen molar-refractivity contribution in [3.05, 3.63) is 64.2 Å². The summed E-state index contributed by atoms with van der Waals surface area (Å²) in [7, 11) is -3.51. The van der Waals surface area contributed by atoms with E-state index in [0.717, 1.165) is 24.0 Å². The summed E-state index contributed by atoms with van der Waals surface area (Å²) in [6.07, 6.45) is 4.53. The van der Waals surface area contributed by atoms with Gasteiger partial charge in [-0.05, 0) is 35.7 Å². The second-order valence-corrected chi connectivity index (χ2v) is 9.82. The Morgan fingerprint density at radius 2 is 2.03 bits per heavy atom. The number of nitrogens with one attached hydrogen (secondary N) is 2. The van der Waals surface area contributed by atoms with Gasteiger partial charge in [-0.3, -0.25) is 4.79 Å². The smallest absolute Gasteiger partial charge is 0.285 e. The third kappa shape index (κ3) is 5.35. The maximum Gasteiger partial charge on any atom is 0.285 e. The maximum absolute atomic E-state index is 12.3. The van der Waals surface area contributed by atoms with Crippen LogP contribution in [0.3, 0.4) is 0 Å². The first-order chi connectivity index (χ1) is 15.9. The first-order valence-corrected chi connectivity index (χ1v) is 12.4. The summed E-state index contributed by atoms with van der Waals surface area (Å²) < 4.78 is 33.2. The lowest BCUT2D eigenvalue weighted by molar-refractivity contribution is 0.216. The Hall–Kier alpha value is -2.95. The molecule has 0 unspecified atom stereocenters. The average molecular weight is 490 g/mol. The molecule has 4 rings (SSSR count). The Bertz CT molecular complexity index is 1280. The lowest BCUT2D eigenvalue weighted by Crippen LogP contribution is -2.26. The van der Waals surface area contributed by atoms with Crippen molar-refractivity contribution in [3.8, 4) is 17.0 Å². The van der Waals surface area contributed by atoms with Crippen LogP contribution in [0.4, 0.5) is 5.69 Å². The van der Waals surface area contributed by atoms with Gasteiger partial charge in [0.1, 0.15) is 11.1 Å². The number of H-pyrrole nitrogens is 1. The molecule has 0 spiro atoms. The molecule has 1 fully saturated rings. The molecule has 11 heteroatoms. The van der Waals surface area contributed by atoms with Crippen LogP contribution in [0.1, 0.15) is 19.8 Å². The van der Waals surface area contributed by atoms with Gasteiger partial charge in [0.25, 0.3) is 5.56 Å². The topological polar surface area (TPSA) is 117 Å². The highest BCUT2D eigenvalue weighted by molar-refractivity contribution is 7.89. The lowest BCUT2D eigenvalue weighted by atomic mass is 10.1. The Labute approximate surface area is 196 Å². The van der Waals surface area contributed by atoms with Crippen LogP contribution in [0.5, 0.6) is 5.88 Å². The molecule has 0 aliphatic carbocycles. The van der Waals surface area contributed by atoms with Crippen LogP contribution < -0.4 is 19.9 Å². The first-order valence-electron chi connectivity index (χ1n) is 10.6. The molecular weight excluding hydrogens is 466 g/mol. The summed E-state index contributed by atoms with van der Waals surface area (Å²) in [5, 5.41) is 6.25. The molecule has 2 N–H and O–H groups in total. The highest BCUT2D eigenvalue weighted by Crippen LogP contribution is 2.28. The van der Waals surface area contributed by atoms with Gasteiger partial charge >= 0.3 is 0 Å². The van der Waals surface area contributed by atoms with Gasteiger partial charge in [-0.2, -0.15) is 5.10 Å². The third-order valence-corrected chi connectivity index (χ3v) is 7.17. The van der Waals surface area contributed by atoms with Gasteiger partial charge in [0, 0.05) is 31.8 Å². The van der Waals surface area contributed by atoms with Crippen LogP contribution in [-0.4, -0.2) is 49.3 Å². The molecule has 1 saturated heterocycles. The molecule has 1 aromatic carbocycles. The van der Waals surface area contributed by atoms with Gasteiger partial charge in [-0.1, -0.05) is 30.7 Å². The molecule has 3 heterocycles. The van der Waals surface area contributed by atoms with Gasteiger partial charge in [-0.25, -0.2) is 23.2 Å². The van der Waals surface area contributed by atoms with Crippen molar-refractivity contribution in [2.45, 2.75) is 30.8 Å². The zero-order valence-electron chi connectivity index (χ0n) is 18.0. The van der Waals surface area contributed by atoms with E-state index in [4.69, 9.17) is 16.3 Å². The molecule has 1 aliphatic rings. The van der Waals surface area contributed by atoms with Crippen LogP contribution in [0, 0.1) is 0 Å². The quantitative estimate of drug-likeness (QED) is 0.499. The highest BCUT2D eigenvalue weighted by Gasteiger charge is 2.27. The molecule has 0 saturated carbocycles. The SMILES string of the molecule is CCCNS(=O)(=O)c1ccc(-c2ccnc(O[C@@H]3CCN(c4cn[nH]c(=O)c4Cl)C3)c2)cc1. The van der Waals surface area contributed by atoms with Crippen molar-refractivity contribution >= 4 is 27.3 Å². The number of benzene rings is 1. The first kappa shape index (κ1) is 23.2. The molecule has 3 aromatic rings. The molecule has 1 aliphatic heterocycles.